The van der Waals surface area contributed by atoms with Crippen LogP contribution < -0.4 is 0 Å². The van der Waals surface area contributed by atoms with Crippen molar-refractivity contribution in [3.05, 3.63) is 35.4 Å². The van der Waals surface area contributed by atoms with Crippen LogP contribution in [0, 0.1) is 0 Å². The molecule has 1 N–H and O–H groups in total. The van der Waals surface area contributed by atoms with Gasteiger partial charge in [0.15, 0.2) is 0 Å². The average Bonchev–Trinajstić information content (AvgIpc) is 2.72. The van der Waals surface area contributed by atoms with Gasteiger partial charge in [0.2, 0.25) is 0 Å². The molecule has 0 aliphatic carbocycles. The predicted molar refractivity (Wildman–Crippen MR) is 75.6 cm³/mol. The van der Waals surface area contributed by atoms with Crippen molar-refractivity contribution >= 4 is 11.8 Å². The van der Waals surface area contributed by atoms with Crippen LogP contribution in [0.5, 0.6) is 0 Å². The lowest BCUT2D eigenvalue weighted by Gasteiger charge is -2.22. The number of hydrogen-bond acceptors (Lipinski definition) is 4. The normalized spacial score (nSPS) is 14.2. The van der Waals surface area contributed by atoms with Gasteiger partial charge in [0.25, 0.3) is 11.8 Å². The van der Waals surface area contributed by atoms with Crippen LogP contribution in [0.15, 0.2) is 24.3 Å². The third-order valence-electron chi connectivity index (χ3n) is 3.60. The van der Waals surface area contributed by atoms with Crippen molar-refractivity contribution in [3.63, 3.8) is 0 Å². The highest BCUT2D eigenvalue weighted by atomic mass is 16.3. The summed E-state index contributed by atoms with van der Waals surface area (Å²) in [6.45, 7) is 4.83. The third kappa shape index (κ3) is 2.89. The molecule has 1 aliphatic heterocycles. The minimum atomic E-state index is -0.205. The Bertz CT molecular complexity index is 467. The Labute approximate surface area is 118 Å². The van der Waals surface area contributed by atoms with Gasteiger partial charge >= 0.3 is 0 Å². The van der Waals surface area contributed by atoms with Crippen LogP contribution in [-0.4, -0.2) is 59.5 Å². The minimum Gasteiger partial charge on any atom is -0.396 e. The number of imide groups is 1. The number of fused-ring (bicyclic) bond motifs is 1. The summed E-state index contributed by atoms with van der Waals surface area (Å²) in [4.78, 5) is 27.8. The van der Waals surface area contributed by atoms with Crippen LogP contribution in [0.1, 0.15) is 34.1 Å². The van der Waals surface area contributed by atoms with Crippen molar-refractivity contribution in [2.75, 3.05) is 32.8 Å². The summed E-state index contributed by atoms with van der Waals surface area (Å²) < 4.78 is 0. The van der Waals surface area contributed by atoms with E-state index in [-0.39, 0.29) is 18.4 Å². The second-order valence-electron chi connectivity index (χ2n) is 4.82. The molecule has 0 spiro atoms. The van der Waals surface area contributed by atoms with E-state index in [1.165, 1.54) is 4.90 Å². The van der Waals surface area contributed by atoms with Crippen LogP contribution in [0.3, 0.4) is 0 Å². The van der Waals surface area contributed by atoms with Crippen LogP contribution in [0.25, 0.3) is 0 Å². The molecule has 1 aromatic rings. The molecule has 5 heteroatoms. The molecule has 0 atom stereocenters. The second-order valence-corrected chi connectivity index (χ2v) is 4.82. The molecule has 0 radical (unpaired) electrons. The SMILES string of the molecule is CCN(CCCO)CCN1C(=O)c2ccccc2C1=O. The van der Waals surface area contributed by atoms with E-state index in [1.54, 1.807) is 24.3 Å². The number of likely N-dealkylation sites (N-methyl/N-ethyl adjacent to an activating group) is 1. The molecule has 0 fully saturated rings. The summed E-state index contributed by atoms with van der Waals surface area (Å²) >= 11 is 0. The molecule has 5 nitrogen and oxygen atoms in total. The maximum absolute atomic E-state index is 12.2. The van der Waals surface area contributed by atoms with E-state index < -0.39 is 0 Å². The first kappa shape index (κ1) is 14.7. The number of carbonyl (C=O) groups is 2. The van der Waals surface area contributed by atoms with Crippen molar-refractivity contribution in [2.24, 2.45) is 0 Å². The minimum absolute atomic E-state index is 0.156. The Morgan fingerprint density at radius 1 is 1.10 bits per heavy atom. The fourth-order valence-electron chi connectivity index (χ4n) is 2.41. The van der Waals surface area contributed by atoms with Crippen LogP contribution in [-0.2, 0) is 0 Å². The van der Waals surface area contributed by atoms with E-state index in [2.05, 4.69) is 4.90 Å². The van der Waals surface area contributed by atoms with Gasteiger partial charge in [0.1, 0.15) is 0 Å². The maximum atomic E-state index is 12.2. The summed E-state index contributed by atoms with van der Waals surface area (Å²) in [7, 11) is 0. The Morgan fingerprint density at radius 3 is 2.20 bits per heavy atom. The summed E-state index contributed by atoms with van der Waals surface area (Å²) in [6, 6.07) is 6.93. The monoisotopic (exact) mass is 276 g/mol. The second kappa shape index (κ2) is 6.63. The number of nitrogens with zero attached hydrogens (tertiary/aromatic N) is 2. The highest BCUT2D eigenvalue weighted by molar-refractivity contribution is 6.21. The molecule has 0 saturated carbocycles. The fraction of sp³-hybridized carbons (Fsp3) is 0.467. The summed E-state index contributed by atoms with van der Waals surface area (Å²) in [5.74, 6) is -0.410. The van der Waals surface area contributed by atoms with E-state index in [1.807, 2.05) is 6.92 Å². The number of hydrogen-bond donors (Lipinski definition) is 1. The van der Waals surface area contributed by atoms with Crippen molar-refractivity contribution < 1.29 is 14.7 Å². The maximum Gasteiger partial charge on any atom is 0.261 e. The number of aliphatic hydroxyl groups is 1. The Hall–Kier alpha value is -1.72. The van der Waals surface area contributed by atoms with Gasteiger partial charge < -0.3 is 10.0 Å². The lowest BCUT2D eigenvalue weighted by atomic mass is 10.1. The molecule has 20 heavy (non-hydrogen) atoms. The Balaban J connectivity index is 1.98. The molecule has 2 amide bonds. The average molecular weight is 276 g/mol. The van der Waals surface area contributed by atoms with E-state index >= 15 is 0 Å². The standard InChI is InChI=1S/C15H20N2O3/c1-2-16(8-5-11-18)9-10-17-14(19)12-6-3-4-7-13(12)15(17)20/h3-4,6-7,18H,2,5,8-11H2,1H3. The molecule has 2 rings (SSSR count). The molecule has 0 bridgehead atoms. The van der Waals surface area contributed by atoms with Crippen molar-refractivity contribution in [1.82, 2.24) is 9.80 Å². The van der Waals surface area contributed by atoms with Crippen molar-refractivity contribution in [2.45, 2.75) is 13.3 Å². The number of carbonyl (C=O) groups excluding carboxylic acids is 2. The van der Waals surface area contributed by atoms with Gasteiger partial charge in [0, 0.05) is 26.2 Å². The largest absolute Gasteiger partial charge is 0.396 e. The van der Waals surface area contributed by atoms with Crippen LogP contribution >= 0.6 is 0 Å². The van der Waals surface area contributed by atoms with Gasteiger partial charge in [-0.25, -0.2) is 0 Å². The van der Waals surface area contributed by atoms with Gasteiger partial charge in [-0.15, -0.1) is 0 Å². The fourth-order valence-corrected chi connectivity index (χ4v) is 2.41. The molecule has 108 valence electrons. The van der Waals surface area contributed by atoms with E-state index in [4.69, 9.17) is 5.11 Å². The summed E-state index contributed by atoms with van der Waals surface area (Å²) in [5, 5.41) is 8.85. The zero-order chi connectivity index (χ0) is 14.5. The third-order valence-corrected chi connectivity index (χ3v) is 3.60. The van der Waals surface area contributed by atoms with Gasteiger partial charge in [-0.05, 0) is 25.1 Å². The number of aliphatic hydroxyl groups excluding tert-OH is 1. The Morgan fingerprint density at radius 2 is 1.70 bits per heavy atom. The van der Waals surface area contributed by atoms with Crippen LogP contribution in [0.4, 0.5) is 0 Å². The summed E-state index contributed by atoms with van der Waals surface area (Å²) in [6.07, 6.45) is 0.704. The zero-order valence-electron chi connectivity index (χ0n) is 11.7. The number of amides is 2. The van der Waals surface area contributed by atoms with Crippen molar-refractivity contribution in [1.29, 1.82) is 0 Å². The van der Waals surface area contributed by atoms with Gasteiger partial charge in [-0.2, -0.15) is 0 Å². The molecule has 0 saturated heterocycles. The predicted octanol–water partition coefficient (Wildman–Crippen LogP) is 0.987. The number of rotatable bonds is 7. The van der Waals surface area contributed by atoms with Gasteiger partial charge in [-0.1, -0.05) is 19.1 Å². The molecule has 0 unspecified atom stereocenters. The molecule has 0 aromatic heterocycles. The molecular formula is C15H20N2O3. The lowest BCUT2D eigenvalue weighted by molar-refractivity contribution is 0.0635. The first-order valence-electron chi connectivity index (χ1n) is 6.97. The van der Waals surface area contributed by atoms with E-state index in [0.29, 0.717) is 30.6 Å². The molecule has 1 aromatic carbocycles. The quantitative estimate of drug-likeness (QED) is 0.754. The van der Waals surface area contributed by atoms with Gasteiger partial charge in [0.05, 0.1) is 11.1 Å². The van der Waals surface area contributed by atoms with Crippen molar-refractivity contribution in [3.8, 4) is 0 Å². The van der Waals surface area contributed by atoms with E-state index in [0.717, 1.165) is 13.1 Å². The first-order chi connectivity index (χ1) is 9.69. The van der Waals surface area contributed by atoms with Crippen LogP contribution in [0.2, 0.25) is 0 Å². The lowest BCUT2D eigenvalue weighted by Crippen LogP contribution is -2.38. The topological polar surface area (TPSA) is 60.9 Å². The number of benzene rings is 1. The smallest absolute Gasteiger partial charge is 0.261 e. The zero-order valence-corrected chi connectivity index (χ0v) is 11.7. The first-order valence-corrected chi connectivity index (χ1v) is 6.97. The molecular weight excluding hydrogens is 256 g/mol. The summed E-state index contributed by atoms with van der Waals surface area (Å²) in [5.41, 5.74) is 0.992. The molecule has 1 heterocycles. The van der Waals surface area contributed by atoms with E-state index in [9.17, 15) is 9.59 Å². The highest BCUT2D eigenvalue weighted by Crippen LogP contribution is 2.21. The highest BCUT2D eigenvalue weighted by Gasteiger charge is 2.34. The van der Waals surface area contributed by atoms with Gasteiger partial charge in [-0.3, -0.25) is 14.5 Å². The molecule has 1 aliphatic rings. The Kier molecular flexibility index (Phi) is 4.87.